The molecule has 1 aromatic heterocycles. The molecular weight excluding hydrogens is 286 g/mol. The zero-order valence-corrected chi connectivity index (χ0v) is 14.0. The van der Waals surface area contributed by atoms with Crippen LogP contribution in [0.3, 0.4) is 0 Å². The van der Waals surface area contributed by atoms with Crippen LogP contribution in [0.2, 0.25) is 0 Å². The average Bonchev–Trinajstić information content (AvgIpc) is 2.96. The van der Waals surface area contributed by atoms with Gasteiger partial charge in [-0.2, -0.15) is 0 Å². The third-order valence-electron chi connectivity index (χ3n) is 4.70. The zero-order valence-electron chi connectivity index (χ0n) is 14.0. The molecule has 2 heterocycles. The Morgan fingerprint density at radius 1 is 1.30 bits per heavy atom. The van der Waals surface area contributed by atoms with Crippen molar-refractivity contribution in [2.24, 2.45) is 5.92 Å². The number of aromatic nitrogens is 2. The first-order valence-electron chi connectivity index (χ1n) is 8.54. The van der Waals surface area contributed by atoms with Gasteiger partial charge in [-0.15, -0.1) is 0 Å². The lowest BCUT2D eigenvalue weighted by molar-refractivity contribution is -0.132. The summed E-state index contributed by atoms with van der Waals surface area (Å²) < 4.78 is 2.31. The molecule has 0 spiro atoms. The summed E-state index contributed by atoms with van der Waals surface area (Å²) in [5.41, 5.74) is 2.33. The van der Waals surface area contributed by atoms with Crippen molar-refractivity contribution in [1.82, 2.24) is 14.5 Å². The van der Waals surface area contributed by atoms with E-state index >= 15 is 0 Å². The largest absolute Gasteiger partial charge is 0.342 e. The van der Waals surface area contributed by atoms with Crippen molar-refractivity contribution in [3.8, 4) is 11.4 Å². The molecule has 23 heavy (non-hydrogen) atoms. The molecule has 2 aromatic rings. The van der Waals surface area contributed by atoms with Gasteiger partial charge < -0.3 is 9.47 Å². The van der Waals surface area contributed by atoms with Crippen molar-refractivity contribution in [2.75, 3.05) is 13.1 Å². The Morgan fingerprint density at radius 2 is 2.09 bits per heavy atom. The number of amides is 1. The standard InChI is InChI=1S/C19H25N3O/c1-3-18(23)21-11-7-8-16(13-21)14-22-15(2)12-20-19(22)17-9-5-4-6-10-17/h4-6,9-10,12,16H,3,7-8,11,13-14H2,1-2H3. The number of piperidine rings is 1. The molecule has 0 saturated carbocycles. The Hall–Kier alpha value is -2.10. The van der Waals surface area contributed by atoms with Crippen LogP contribution in [0.1, 0.15) is 31.9 Å². The summed E-state index contributed by atoms with van der Waals surface area (Å²) in [4.78, 5) is 18.6. The van der Waals surface area contributed by atoms with Gasteiger partial charge in [-0.1, -0.05) is 37.3 Å². The lowest BCUT2D eigenvalue weighted by Crippen LogP contribution is -2.40. The number of hydrogen-bond acceptors (Lipinski definition) is 2. The number of carbonyl (C=O) groups is 1. The predicted molar refractivity (Wildman–Crippen MR) is 92.0 cm³/mol. The van der Waals surface area contributed by atoms with Gasteiger partial charge in [0.25, 0.3) is 0 Å². The SMILES string of the molecule is CCC(=O)N1CCCC(Cn2c(C)cnc2-c2ccccc2)C1. The summed E-state index contributed by atoms with van der Waals surface area (Å²) in [6.07, 6.45) is 4.83. The number of carbonyl (C=O) groups excluding carboxylic acids is 1. The van der Waals surface area contributed by atoms with E-state index in [1.54, 1.807) is 0 Å². The van der Waals surface area contributed by atoms with Gasteiger partial charge >= 0.3 is 0 Å². The normalized spacial score (nSPS) is 18.2. The molecule has 1 amide bonds. The average molecular weight is 311 g/mol. The molecule has 0 radical (unpaired) electrons. The van der Waals surface area contributed by atoms with Crippen LogP contribution in [0.4, 0.5) is 0 Å². The molecule has 0 N–H and O–H groups in total. The van der Waals surface area contributed by atoms with Gasteiger partial charge in [-0.3, -0.25) is 4.79 Å². The minimum atomic E-state index is 0.278. The van der Waals surface area contributed by atoms with Crippen molar-refractivity contribution in [2.45, 2.75) is 39.7 Å². The van der Waals surface area contributed by atoms with Crippen LogP contribution in [0.5, 0.6) is 0 Å². The Balaban J connectivity index is 1.78. The van der Waals surface area contributed by atoms with Gasteiger partial charge in [0.15, 0.2) is 0 Å². The summed E-state index contributed by atoms with van der Waals surface area (Å²) in [7, 11) is 0. The minimum Gasteiger partial charge on any atom is -0.342 e. The third kappa shape index (κ3) is 3.46. The van der Waals surface area contributed by atoms with Crippen LogP contribution in [0.15, 0.2) is 36.5 Å². The third-order valence-corrected chi connectivity index (χ3v) is 4.70. The highest BCUT2D eigenvalue weighted by molar-refractivity contribution is 5.75. The summed E-state index contributed by atoms with van der Waals surface area (Å²) in [5, 5.41) is 0. The monoisotopic (exact) mass is 311 g/mol. The predicted octanol–water partition coefficient (Wildman–Crippen LogP) is 3.51. The molecule has 1 fully saturated rings. The molecule has 3 rings (SSSR count). The molecule has 1 atom stereocenters. The molecule has 1 aliphatic rings. The first-order valence-corrected chi connectivity index (χ1v) is 8.54. The maximum atomic E-state index is 12.0. The molecule has 1 aromatic carbocycles. The molecule has 1 aliphatic heterocycles. The van der Waals surface area contributed by atoms with Crippen LogP contribution in [0.25, 0.3) is 11.4 Å². The van der Waals surface area contributed by atoms with Crippen LogP contribution in [-0.4, -0.2) is 33.4 Å². The second-order valence-corrected chi connectivity index (χ2v) is 6.40. The van der Waals surface area contributed by atoms with Gasteiger partial charge in [0.2, 0.25) is 5.91 Å². The fraction of sp³-hybridized carbons (Fsp3) is 0.474. The number of hydrogen-bond donors (Lipinski definition) is 0. The number of rotatable bonds is 4. The number of nitrogens with zero attached hydrogens (tertiary/aromatic N) is 3. The minimum absolute atomic E-state index is 0.278. The Labute approximate surface area is 138 Å². The number of likely N-dealkylation sites (tertiary alicyclic amines) is 1. The van der Waals surface area contributed by atoms with Crippen molar-refractivity contribution < 1.29 is 4.79 Å². The Morgan fingerprint density at radius 3 is 2.83 bits per heavy atom. The van der Waals surface area contributed by atoms with E-state index in [9.17, 15) is 4.79 Å². The van der Waals surface area contributed by atoms with E-state index in [4.69, 9.17) is 0 Å². The molecule has 1 unspecified atom stereocenters. The lowest BCUT2D eigenvalue weighted by Gasteiger charge is -2.33. The van der Waals surface area contributed by atoms with Crippen molar-refractivity contribution in [3.05, 3.63) is 42.2 Å². The van der Waals surface area contributed by atoms with Gasteiger partial charge in [-0.25, -0.2) is 4.98 Å². The first kappa shape index (κ1) is 15.8. The number of benzene rings is 1. The summed E-state index contributed by atoms with van der Waals surface area (Å²) in [6.45, 7) is 6.77. The number of imidazole rings is 1. The Bertz CT molecular complexity index is 663. The van der Waals surface area contributed by atoms with Crippen LogP contribution in [-0.2, 0) is 11.3 Å². The maximum absolute atomic E-state index is 12.0. The molecule has 4 nitrogen and oxygen atoms in total. The van der Waals surface area contributed by atoms with E-state index in [2.05, 4.69) is 28.6 Å². The molecule has 1 saturated heterocycles. The fourth-order valence-corrected chi connectivity index (χ4v) is 3.43. The summed E-state index contributed by atoms with van der Waals surface area (Å²) >= 11 is 0. The van der Waals surface area contributed by atoms with Crippen LogP contribution < -0.4 is 0 Å². The topological polar surface area (TPSA) is 38.1 Å². The van der Waals surface area contributed by atoms with E-state index in [1.165, 1.54) is 12.1 Å². The van der Waals surface area contributed by atoms with Crippen LogP contribution in [0, 0.1) is 12.8 Å². The van der Waals surface area contributed by atoms with Gasteiger partial charge in [-0.05, 0) is 25.7 Å². The molecule has 122 valence electrons. The van der Waals surface area contributed by atoms with Crippen molar-refractivity contribution in [3.63, 3.8) is 0 Å². The second-order valence-electron chi connectivity index (χ2n) is 6.40. The Kier molecular flexibility index (Phi) is 4.79. The molecule has 4 heteroatoms. The molecule has 0 bridgehead atoms. The number of aryl methyl sites for hydroxylation is 1. The van der Waals surface area contributed by atoms with E-state index in [0.29, 0.717) is 12.3 Å². The van der Waals surface area contributed by atoms with Gasteiger partial charge in [0, 0.05) is 43.5 Å². The van der Waals surface area contributed by atoms with Crippen molar-refractivity contribution in [1.29, 1.82) is 0 Å². The maximum Gasteiger partial charge on any atom is 0.222 e. The van der Waals surface area contributed by atoms with Gasteiger partial charge in [0.05, 0.1) is 0 Å². The highest BCUT2D eigenvalue weighted by Crippen LogP contribution is 2.24. The lowest BCUT2D eigenvalue weighted by atomic mass is 9.97. The fourth-order valence-electron chi connectivity index (χ4n) is 3.43. The van der Waals surface area contributed by atoms with Crippen molar-refractivity contribution >= 4 is 5.91 Å². The first-order chi connectivity index (χ1) is 11.2. The van der Waals surface area contributed by atoms with E-state index in [1.807, 2.05) is 36.2 Å². The second kappa shape index (κ2) is 6.99. The quantitative estimate of drug-likeness (QED) is 0.866. The zero-order chi connectivity index (χ0) is 16.2. The van der Waals surface area contributed by atoms with Gasteiger partial charge in [0.1, 0.15) is 5.82 Å². The summed E-state index contributed by atoms with van der Waals surface area (Å²) in [6, 6.07) is 10.3. The van der Waals surface area contributed by atoms with E-state index < -0.39 is 0 Å². The smallest absolute Gasteiger partial charge is 0.222 e. The van der Waals surface area contributed by atoms with E-state index in [-0.39, 0.29) is 5.91 Å². The summed E-state index contributed by atoms with van der Waals surface area (Å²) in [5.74, 6) is 1.82. The molecular formula is C19H25N3O. The molecule has 0 aliphatic carbocycles. The highest BCUT2D eigenvalue weighted by atomic mass is 16.2. The van der Waals surface area contributed by atoms with E-state index in [0.717, 1.165) is 37.4 Å². The van der Waals surface area contributed by atoms with Crippen LogP contribution >= 0.6 is 0 Å². The highest BCUT2D eigenvalue weighted by Gasteiger charge is 2.24.